The normalized spacial score (nSPS) is 12.4. The Labute approximate surface area is 84.2 Å². The van der Waals surface area contributed by atoms with Gasteiger partial charge < -0.3 is 10.1 Å². The van der Waals surface area contributed by atoms with E-state index in [-0.39, 0.29) is 30.6 Å². The molecule has 14 heavy (non-hydrogen) atoms. The molecule has 0 aliphatic rings. The van der Waals surface area contributed by atoms with Gasteiger partial charge in [0.1, 0.15) is 0 Å². The quantitative estimate of drug-likeness (QED) is 0.599. The molecule has 1 unspecified atom stereocenters. The van der Waals surface area contributed by atoms with Crippen molar-refractivity contribution in [3.8, 4) is 0 Å². The average Bonchev–Trinajstić information content (AvgIpc) is 2.11. The van der Waals surface area contributed by atoms with Crippen LogP contribution in [-0.2, 0) is 14.3 Å². The lowest BCUT2D eigenvalue weighted by molar-refractivity contribution is -0.146. The van der Waals surface area contributed by atoms with Crippen LogP contribution in [0.15, 0.2) is 0 Å². The molecule has 0 rings (SSSR count). The number of rotatable bonds is 5. The summed E-state index contributed by atoms with van der Waals surface area (Å²) in [5.74, 6) is -0.502. The average molecular weight is 202 g/mol. The molecule has 0 heterocycles. The molecule has 0 saturated heterocycles. The smallest absolute Gasteiger partial charge is 0.320 e. The van der Waals surface area contributed by atoms with Crippen LogP contribution in [0.4, 0.5) is 0 Å². The van der Waals surface area contributed by atoms with Crippen LogP contribution in [0.2, 0.25) is 0 Å². The lowest BCUT2D eigenvalue weighted by atomic mass is 10.3. The summed E-state index contributed by atoms with van der Waals surface area (Å²) in [6.45, 7) is 5.29. The summed E-state index contributed by atoms with van der Waals surface area (Å²) < 4.78 is 4.88. The number of likely N-dealkylation sites (N-methyl/N-ethyl adjacent to an activating group) is 1. The Morgan fingerprint density at radius 2 is 1.86 bits per heavy atom. The second-order valence-corrected chi connectivity index (χ2v) is 3.26. The van der Waals surface area contributed by atoms with Gasteiger partial charge in [0.05, 0.1) is 18.7 Å². The summed E-state index contributed by atoms with van der Waals surface area (Å²) in [5, 5.41) is 5.23. The largest absolute Gasteiger partial charge is 0.462 e. The number of ether oxygens (including phenoxy) is 1. The molecule has 0 bridgehead atoms. The van der Waals surface area contributed by atoms with Crippen LogP contribution in [0.5, 0.6) is 0 Å². The van der Waals surface area contributed by atoms with E-state index in [0.717, 1.165) is 0 Å². The third-order valence-corrected chi connectivity index (χ3v) is 1.56. The first-order chi connectivity index (χ1) is 6.47. The van der Waals surface area contributed by atoms with Crippen molar-refractivity contribution in [3.63, 3.8) is 0 Å². The minimum Gasteiger partial charge on any atom is -0.462 e. The van der Waals surface area contributed by atoms with E-state index in [1.54, 1.807) is 27.8 Å². The highest BCUT2D eigenvalue weighted by Gasteiger charge is 2.12. The highest BCUT2D eigenvalue weighted by Crippen LogP contribution is 1.88. The summed E-state index contributed by atoms with van der Waals surface area (Å²) in [5.41, 5.74) is 0. The van der Waals surface area contributed by atoms with Crippen molar-refractivity contribution in [1.29, 1.82) is 0 Å². The van der Waals surface area contributed by atoms with Gasteiger partial charge in [-0.25, -0.2) is 0 Å². The number of esters is 1. The lowest BCUT2D eigenvalue weighted by Crippen LogP contribution is -2.43. The monoisotopic (exact) mass is 202 g/mol. The van der Waals surface area contributed by atoms with Crippen LogP contribution in [0.1, 0.15) is 20.8 Å². The molecule has 2 N–H and O–H groups in total. The van der Waals surface area contributed by atoms with Crippen molar-refractivity contribution in [1.82, 2.24) is 10.6 Å². The first-order valence-electron chi connectivity index (χ1n) is 4.61. The van der Waals surface area contributed by atoms with Crippen molar-refractivity contribution in [3.05, 3.63) is 0 Å². The summed E-state index contributed by atoms with van der Waals surface area (Å²) in [6.07, 6.45) is -0.125. The maximum absolute atomic E-state index is 11.1. The first kappa shape index (κ1) is 12.9. The maximum atomic E-state index is 11.1. The summed E-state index contributed by atoms with van der Waals surface area (Å²) in [4.78, 5) is 22.1. The molecule has 1 atom stereocenters. The molecule has 0 aliphatic carbocycles. The fourth-order valence-corrected chi connectivity index (χ4v) is 0.850. The Kier molecular flexibility index (Phi) is 5.87. The lowest BCUT2D eigenvalue weighted by Gasteiger charge is -2.12. The van der Waals surface area contributed by atoms with Gasteiger partial charge in [0.2, 0.25) is 5.91 Å². The SMILES string of the molecule is CNC(=O)C(C)NCC(=O)OC(C)C. The van der Waals surface area contributed by atoms with E-state index in [2.05, 4.69) is 10.6 Å². The van der Waals surface area contributed by atoms with Crippen LogP contribution < -0.4 is 10.6 Å². The number of hydrogen-bond donors (Lipinski definition) is 2. The van der Waals surface area contributed by atoms with Crippen LogP contribution >= 0.6 is 0 Å². The van der Waals surface area contributed by atoms with E-state index in [1.807, 2.05) is 0 Å². The van der Waals surface area contributed by atoms with Gasteiger partial charge in [0, 0.05) is 7.05 Å². The topological polar surface area (TPSA) is 67.4 Å². The number of nitrogens with one attached hydrogen (secondary N) is 2. The predicted molar refractivity (Wildman–Crippen MR) is 52.8 cm³/mol. The Hall–Kier alpha value is -1.10. The van der Waals surface area contributed by atoms with E-state index in [9.17, 15) is 9.59 Å². The fraction of sp³-hybridized carbons (Fsp3) is 0.778. The summed E-state index contributed by atoms with van der Waals surface area (Å²) in [6, 6.07) is -0.389. The predicted octanol–water partition coefficient (Wildman–Crippen LogP) is -0.338. The van der Waals surface area contributed by atoms with E-state index in [1.165, 1.54) is 0 Å². The number of carbonyl (C=O) groups excluding carboxylic acids is 2. The van der Waals surface area contributed by atoms with E-state index < -0.39 is 0 Å². The first-order valence-corrected chi connectivity index (χ1v) is 4.61. The van der Waals surface area contributed by atoms with Gasteiger partial charge in [0.25, 0.3) is 0 Å². The zero-order valence-corrected chi connectivity index (χ0v) is 9.09. The Balaban J connectivity index is 3.71. The van der Waals surface area contributed by atoms with Crippen molar-refractivity contribution >= 4 is 11.9 Å². The molecule has 5 nitrogen and oxygen atoms in total. The van der Waals surface area contributed by atoms with E-state index >= 15 is 0 Å². The third kappa shape index (κ3) is 5.53. The zero-order valence-electron chi connectivity index (χ0n) is 9.09. The highest BCUT2D eigenvalue weighted by atomic mass is 16.5. The maximum Gasteiger partial charge on any atom is 0.320 e. The molecule has 0 spiro atoms. The molecule has 0 aliphatic heterocycles. The molecule has 0 saturated carbocycles. The van der Waals surface area contributed by atoms with Gasteiger partial charge in [-0.15, -0.1) is 0 Å². The second kappa shape index (κ2) is 6.37. The van der Waals surface area contributed by atoms with E-state index in [0.29, 0.717) is 0 Å². The molecule has 0 radical (unpaired) electrons. The molecule has 0 aromatic rings. The van der Waals surface area contributed by atoms with Crippen molar-refractivity contribution in [2.45, 2.75) is 32.9 Å². The van der Waals surface area contributed by atoms with E-state index in [4.69, 9.17) is 4.74 Å². The Morgan fingerprint density at radius 3 is 2.29 bits per heavy atom. The molecule has 5 heteroatoms. The Bertz CT molecular complexity index is 204. The fourth-order valence-electron chi connectivity index (χ4n) is 0.850. The van der Waals surface area contributed by atoms with Crippen LogP contribution in [-0.4, -0.2) is 37.6 Å². The standard InChI is InChI=1S/C9H18N2O3/c1-6(2)14-8(12)5-11-7(3)9(13)10-4/h6-7,11H,5H2,1-4H3,(H,10,13). The number of hydrogen-bond acceptors (Lipinski definition) is 4. The van der Waals surface area contributed by atoms with Crippen LogP contribution in [0.3, 0.4) is 0 Å². The molecular formula is C9H18N2O3. The minimum absolute atomic E-state index is 0.0484. The third-order valence-electron chi connectivity index (χ3n) is 1.56. The molecule has 0 fully saturated rings. The van der Waals surface area contributed by atoms with Gasteiger partial charge in [-0.3, -0.25) is 14.9 Å². The minimum atomic E-state index is -0.389. The van der Waals surface area contributed by atoms with Gasteiger partial charge >= 0.3 is 5.97 Å². The van der Waals surface area contributed by atoms with Gasteiger partial charge in [-0.2, -0.15) is 0 Å². The van der Waals surface area contributed by atoms with Crippen LogP contribution in [0.25, 0.3) is 0 Å². The number of carbonyl (C=O) groups is 2. The van der Waals surface area contributed by atoms with Crippen molar-refractivity contribution < 1.29 is 14.3 Å². The van der Waals surface area contributed by atoms with Gasteiger partial charge in [0.15, 0.2) is 0 Å². The zero-order chi connectivity index (χ0) is 11.1. The molecule has 0 aromatic heterocycles. The van der Waals surface area contributed by atoms with Crippen molar-refractivity contribution in [2.75, 3.05) is 13.6 Å². The van der Waals surface area contributed by atoms with Crippen LogP contribution in [0, 0.1) is 0 Å². The van der Waals surface area contributed by atoms with Gasteiger partial charge in [-0.05, 0) is 20.8 Å². The van der Waals surface area contributed by atoms with Gasteiger partial charge in [-0.1, -0.05) is 0 Å². The molecular weight excluding hydrogens is 184 g/mol. The molecule has 1 amide bonds. The summed E-state index contributed by atoms with van der Waals surface area (Å²) in [7, 11) is 1.55. The molecule has 82 valence electrons. The number of amides is 1. The summed E-state index contributed by atoms with van der Waals surface area (Å²) >= 11 is 0. The highest BCUT2D eigenvalue weighted by molar-refractivity contribution is 5.81. The Morgan fingerprint density at radius 1 is 1.29 bits per heavy atom. The van der Waals surface area contributed by atoms with Crippen molar-refractivity contribution in [2.24, 2.45) is 0 Å². The molecule has 0 aromatic carbocycles. The second-order valence-electron chi connectivity index (χ2n) is 3.26.